The summed E-state index contributed by atoms with van der Waals surface area (Å²) in [6.07, 6.45) is 0.459. The van der Waals surface area contributed by atoms with Gasteiger partial charge in [0.15, 0.2) is 0 Å². The first-order valence-corrected chi connectivity index (χ1v) is 8.15. The average molecular weight is 336 g/mol. The number of carbonyl (C=O) groups excluding carboxylic acids is 2. The van der Waals surface area contributed by atoms with Crippen molar-refractivity contribution in [3.05, 3.63) is 29.8 Å². The van der Waals surface area contributed by atoms with E-state index in [1.807, 2.05) is 31.2 Å². The third-order valence-corrected chi connectivity index (χ3v) is 3.28. The summed E-state index contributed by atoms with van der Waals surface area (Å²) in [4.78, 5) is 23.6. The Kier molecular flexibility index (Phi) is 7.55. The summed E-state index contributed by atoms with van der Waals surface area (Å²) in [6.45, 7) is 7.62. The van der Waals surface area contributed by atoms with Crippen LogP contribution in [0.5, 0.6) is 5.75 Å². The molecule has 0 saturated heterocycles. The van der Waals surface area contributed by atoms with Gasteiger partial charge in [0.1, 0.15) is 11.4 Å². The molecule has 0 aliphatic heterocycles. The highest BCUT2D eigenvalue weighted by atomic mass is 16.6. The van der Waals surface area contributed by atoms with Crippen LogP contribution >= 0.6 is 0 Å². The summed E-state index contributed by atoms with van der Waals surface area (Å²) in [6, 6.07) is 7.55. The monoisotopic (exact) mass is 336 g/mol. The molecule has 134 valence electrons. The number of alkyl carbamates (subject to hydrolysis) is 1. The van der Waals surface area contributed by atoms with Crippen LogP contribution in [0.3, 0.4) is 0 Å². The molecule has 6 heteroatoms. The van der Waals surface area contributed by atoms with Gasteiger partial charge in [-0.3, -0.25) is 4.79 Å². The number of methoxy groups -OCH3 is 1. The van der Waals surface area contributed by atoms with E-state index in [-0.39, 0.29) is 24.9 Å². The van der Waals surface area contributed by atoms with Crippen molar-refractivity contribution in [1.29, 1.82) is 0 Å². The fraction of sp³-hybridized carbons (Fsp3) is 0.556. The topological polar surface area (TPSA) is 76.7 Å². The van der Waals surface area contributed by atoms with Gasteiger partial charge >= 0.3 is 6.09 Å². The minimum atomic E-state index is -0.548. The van der Waals surface area contributed by atoms with Crippen molar-refractivity contribution < 1.29 is 19.1 Å². The van der Waals surface area contributed by atoms with Crippen molar-refractivity contribution in [2.75, 3.05) is 13.7 Å². The van der Waals surface area contributed by atoms with Crippen molar-refractivity contribution in [3.8, 4) is 5.75 Å². The summed E-state index contributed by atoms with van der Waals surface area (Å²) in [5.41, 5.74) is 0.473. The molecule has 24 heavy (non-hydrogen) atoms. The van der Waals surface area contributed by atoms with Crippen LogP contribution in [-0.4, -0.2) is 31.3 Å². The largest absolute Gasteiger partial charge is 0.497 e. The van der Waals surface area contributed by atoms with Crippen molar-refractivity contribution in [2.45, 2.75) is 52.2 Å². The highest BCUT2D eigenvalue weighted by Crippen LogP contribution is 2.20. The van der Waals surface area contributed by atoms with Gasteiger partial charge in [0, 0.05) is 13.0 Å². The number of carbonyl (C=O) groups is 2. The minimum Gasteiger partial charge on any atom is -0.497 e. The first kappa shape index (κ1) is 19.8. The molecule has 0 bridgehead atoms. The van der Waals surface area contributed by atoms with Crippen molar-refractivity contribution in [2.24, 2.45) is 0 Å². The maximum Gasteiger partial charge on any atom is 0.407 e. The maximum atomic E-state index is 12.0. The van der Waals surface area contributed by atoms with Crippen LogP contribution in [0, 0.1) is 0 Å². The Labute approximate surface area is 143 Å². The molecule has 1 unspecified atom stereocenters. The van der Waals surface area contributed by atoms with Gasteiger partial charge in [0.05, 0.1) is 13.2 Å². The van der Waals surface area contributed by atoms with E-state index in [2.05, 4.69) is 10.6 Å². The fourth-order valence-electron chi connectivity index (χ4n) is 2.12. The lowest BCUT2D eigenvalue weighted by Crippen LogP contribution is -2.35. The Hall–Kier alpha value is -2.24. The molecule has 0 spiro atoms. The Morgan fingerprint density at radius 2 is 1.79 bits per heavy atom. The zero-order chi connectivity index (χ0) is 18.2. The summed E-state index contributed by atoms with van der Waals surface area (Å²) < 4.78 is 10.3. The molecular weight excluding hydrogens is 308 g/mol. The second-order valence-electron chi connectivity index (χ2n) is 6.48. The predicted octanol–water partition coefficient (Wildman–Crippen LogP) is 3.18. The molecule has 2 amide bonds. The summed E-state index contributed by atoms with van der Waals surface area (Å²) >= 11 is 0. The van der Waals surface area contributed by atoms with Gasteiger partial charge in [-0.2, -0.15) is 0 Å². The van der Waals surface area contributed by atoms with E-state index < -0.39 is 11.7 Å². The van der Waals surface area contributed by atoms with Crippen molar-refractivity contribution in [3.63, 3.8) is 0 Å². The van der Waals surface area contributed by atoms with Gasteiger partial charge in [-0.25, -0.2) is 4.79 Å². The van der Waals surface area contributed by atoms with E-state index in [9.17, 15) is 9.59 Å². The standard InChI is InChI=1S/C18H28N2O4/c1-6-15(13-7-9-14(23-5)10-8-13)20-16(21)11-12-19-17(22)24-18(2,3)4/h7-10,15H,6,11-12H2,1-5H3,(H,19,22)(H,20,21). The number of amides is 2. The molecule has 0 fully saturated rings. The molecule has 1 aromatic carbocycles. The molecule has 6 nitrogen and oxygen atoms in total. The predicted molar refractivity (Wildman–Crippen MR) is 93.0 cm³/mol. The third-order valence-electron chi connectivity index (χ3n) is 3.28. The second-order valence-corrected chi connectivity index (χ2v) is 6.48. The molecule has 1 atom stereocenters. The van der Waals surface area contributed by atoms with Crippen LogP contribution in [0.2, 0.25) is 0 Å². The highest BCUT2D eigenvalue weighted by molar-refractivity contribution is 5.77. The van der Waals surface area contributed by atoms with Crippen LogP contribution < -0.4 is 15.4 Å². The molecule has 0 radical (unpaired) electrons. The molecule has 0 aromatic heterocycles. The quantitative estimate of drug-likeness (QED) is 0.802. The summed E-state index contributed by atoms with van der Waals surface area (Å²) in [7, 11) is 1.62. The molecule has 0 heterocycles. The molecule has 0 saturated carbocycles. The van der Waals surface area contributed by atoms with E-state index >= 15 is 0 Å². The first-order chi connectivity index (χ1) is 11.2. The van der Waals surface area contributed by atoms with E-state index in [1.54, 1.807) is 27.9 Å². The zero-order valence-electron chi connectivity index (χ0n) is 15.1. The molecule has 0 aliphatic carbocycles. The van der Waals surface area contributed by atoms with E-state index in [4.69, 9.17) is 9.47 Å². The van der Waals surface area contributed by atoms with Crippen LogP contribution in [-0.2, 0) is 9.53 Å². The van der Waals surface area contributed by atoms with Gasteiger partial charge in [-0.05, 0) is 44.9 Å². The molecule has 2 N–H and O–H groups in total. The number of ether oxygens (including phenoxy) is 2. The van der Waals surface area contributed by atoms with Crippen LogP contribution in [0.4, 0.5) is 4.79 Å². The number of hydrogen-bond acceptors (Lipinski definition) is 4. The zero-order valence-corrected chi connectivity index (χ0v) is 15.1. The fourth-order valence-corrected chi connectivity index (χ4v) is 2.12. The Morgan fingerprint density at radius 1 is 1.17 bits per heavy atom. The number of hydrogen-bond donors (Lipinski definition) is 2. The van der Waals surface area contributed by atoms with Crippen molar-refractivity contribution in [1.82, 2.24) is 10.6 Å². The smallest absolute Gasteiger partial charge is 0.407 e. The summed E-state index contributed by atoms with van der Waals surface area (Å²) in [5.74, 6) is 0.662. The van der Waals surface area contributed by atoms with Gasteiger partial charge in [0.2, 0.25) is 5.91 Å². The third kappa shape index (κ3) is 7.35. The van der Waals surface area contributed by atoms with E-state index in [0.717, 1.165) is 17.7 Å². The molecule has 1 rings (SSSR count). The van der Waals surface area contributed by atoms with Crippen LogP contribution in [0.25, 0.3) is 0 Å². The SMILES string of the molecule is CCC(NC(=O)CCNC(=O)OC(C)(C)C)c1ccc(OC)cc1. The lowest BCUT2D eigenvalue weighted by atomic mass is 10.0. The van der Waals surface area contributed by atoms with Crippen molar-refractivity contribution >= 4 is 12.0 Å². The minimum absolute atomic E-state index is 0.0649. The van der Waals surface area contributed by atoms with Crippen LogP contribution in [0.1, 0.15) is 52.1 Å². The van der Waals surface area contributed by atoms with Gasteiger partial charge in [0.25, 0.3) is 0 Å². The Morgan fingerprint density at radius 3 is 2.29 bits per heavy atom. The Bertz CT molecular complexity index is 535. The Balaban J connectivity index is 2.43. The van der Waals surface area contributed by atoms with Gasteiger partial charge < -0.3 is 20.1 Å². The lowest BCUT2D eigenvalue weighted by Gasteiger charge is -2.20. The number of rotatable bonds is 7. The number of nitrogens with one attached hydrogen (secondary N) is 2. The van der Waals surface area contributed by atoms with Crippen LogP contribution in [0.15, 0.2) is 24.3 Å². The van der Waals surface area contributed by atoms with Gasteiger partial charge in [-0.1, -0.05) is 19.1 Å². The summed E-state index contributed by atoms with van der Waals surface area (Å²) in [5, 5.41) is 5.55. The second kappa shape index (κ2) is 9.15. The number of benzene rings is 1. The van der Waals surface area contributed by atoms with E-state index in [1.165, 1.54) is 0 Å². The molecule has 1 aromatic rings. The van der Waals surface area contributed by atoms with E-state index in [0.29, 0.717) is 0 Å². The van der Waals surface area contributed by atoms with Gasteiger partial charge in [-0.15, -0.1) is 0 Å². The average Bonchev–Trinajstić information content (AvgIpc) is 2.51. The molecule has 0 aliphatic rings. The first-order valence-electron chi connectivity index (χ1n) is 8.15. The maximum absolute atomic E-state index is 12.0. The normalized spacial score (nSPS) is 12.2. The lowest BCUT2D eigenvalue weighted by molar-refractivity contribution is -0.121. The highest BCUT2D eigenvalue weighted by Gasteiger charge is 2.16. The molecular formula is C18H28N2O4.